The van der Waals surface area contributed by atoms with Gasteiger partial charge in [0.15, 0.2) is 0 Å². The number of aromatic nitrogens is 2. The molecule has 0 saturated heterocycles. The molecule has 0 spiro atoms. The first-order chi connectivity index (χ1) is 8.50. The molecule has 0 radical (unpaired) electrons. The number of carbonyl (C=O) groups is 1. The largest absolute Gasteiger partial charge is 0.389 e. The van der Waals surface area contributed by atoms with Gasteiger partial charge in [-0.25, -0.2) is 9.07 Å². The molecule has 1 atom stereocenters. The summed E-state index contributed by atoms with van der Waals surface area (Å²) >= 11 is 0. The van der Waals surface area contributed by atoms with Crippen molar-refractivity contribution >= 4 is 5.91 Å². The van der Waals surface area contributed by atoms with Gasteiger partial charge in [0.25, 0.3) is 5.91 Å². The van der Waals surface area contributed by atoms with Gasteiger partial charge in [0.2, 0.25) is 0 Å². The van der Waals surface area contributed by atoms with Gasteiger partial charge in [-0.05, 0) is 19.1 Å². The number of aliphatic hydroxyl groups is 1. The van der Waals surface area contributed by atoms with Crippen molar-refractivity contribution < 1.29 is 14.3 Å². The Hall–Kier alpha value is -2.21. The Balaban J connectivity index is 2.58. The first-order valence-corrected chi connectivity index (χ1v) is 5.33. The molecule has 0 aliphatic carbocycles. The second-order valence-electron chi connectivity index (χ2n) is 3.86. The monoisotopic (exact) mass is 249 g/mol. The average Bonchev–Trinajstić information content (AvgIpc) is 2.77. The van der Waals surface area contributed by atoms with E-state index in [0.29, 0.717) is 5.56 Å². The van der Waals surface area contributed by atoms with Crippen LogP contribution in [0.25, 0.3) is 5.69 Å². The highest BCUT2D eigenvalue weighted by Crippen LogP contribution is 2.23. The molecular formula is C12H12FN3O2. The highest BCUT2D eigenvalue weighted by atomic mass is 19.1. The number of rotatable bonds is 3. The third-order valence-electron chi connectivity index (χ3n) is 2.54. The minimum atomic E-state index is -0.850. The summed E-state index contributed by atoms with van der Waals surface area (Å²) in [7, 11) is 0. The number of aliphatic hydroxyl groups excluding tert-OH is 1. The molecule has 0 bridgehead atoms. The normalized spacial score (nSPS) is 12.4. The molecule has 0 aliphatic rings. The van der Waals surface area contributed by atoms with Crippen LogP contribution in [0, 0.1) is 5.82 Å². The molecule has 6 heteroatoms. The lowest BCUT2D eigenvalue weighted by molar-refractivity contribution is 0.0995. The van der Waals surface area contributed by atoms with Gasteiger partial charge in [-0.3, -0.25) is 4.79 Å². The molecule has 1 aromatic carbocycles. The molecule has 1 heterocycles. The molecule has 94 valence electrons. The van der Waals surface area contributed by atoms with Crippen LogP contribution >= 0.6 is 0 Å². The fourth-order valence-corrected chi connectivity index (χ4v) is 1.69. The van der Waals surface area contributed by atoms with E-state index in [1.807, 2.05) is 0 Å². The summed E-state index contributed by atoms with van der Waals surface area (Å²) in [6.07, 6.45) is 0.571. The summed E-state index contributed by atoms with van der Waals surface area (Å²) < 4.78 is 15.0. The van der Waals surface area contributed by atoms with Crippen molar-refractivity contribution in [1.29, 1.82) is 0 Å². The zero-order valence-electron chi connectivity index (χ0n) is 9.67. The van der Waals surface area contributed by atoms with Crippen molar-refractivity contribution in [3.05, 3.63) is 47.5 Å². The van der Waals surface area contributed by atoms with Gasteiger partial charge >= 0.3 is 0 Å². The minimum Gasteiger partial charge on any atom is -0.389 e. The zero-order chi connectivity index (χ0) is 13.3. The zero-order valence-corrected chi connectivity index (χ0v) is 9.67. The molecule has 1 aromatic heterocycles. The van der Waals surface area contributed by atoms with Crippen LogP contribution in [0.5, 0.6) is 0 Å². The van der Waals surface area contributed by atoms with E-state index in [9.17, 15) is 14.3 Å². The number of carbonyl (C=O) groups excluding carboxylic acids is 1. The molecule has 0 aliphatic heterocycles. The Kier molecular flexibility index (Phi) is 3.12. The lowest BCUT2D eigenvalue weighted by Crippen LogP contribution is -2.13. The lowest BCUT2D eigenvalue weighted by Gasteiger charge is -2.12. The van der Waals surface area contributed by atoms with Crippen molar-refractivity contribution in [2.24, 2.45) is 5.73 Å². The van der Waals surface area contributed by atoms with Crippen LogP contribution in [0.1, 0.15) is 29.1 Å². The number of primary amides is 1. The fraction of sp³-hybridized carbons (Fsp3) is 0.167. The maximum Gasteiger partial charge on any atom is 0.269 e. The van der Waals surface area contributed by atoms with Crippen molar-refractivity contribution in [2.75, 3.05) is 0 Å². The van der Waals surface area contributed by atoms with E-state index in [1.54, 1.807) is 6.07 Å². The number of nitrogens with two attached hydrogens (primary N) is 1. The van der Waals surface area contributed by atoms with Crippen molar-refractivity contribution in [2.45, 2.75) is 13.0 Å². The molecule has 0 saturated carbocycles. The van der Waals surface area contributed by atoms with Gasteiger partial charge in [0, 0.05) is 11.8 Å². The molecule has 3 N–H and O–H groups in total. The number of benzene rings is 1. The Morgan fingerprint density at radius 3 is 2.78 bits per heavy atom. The third kappa shape index (κ3) is 2.10. The van der Waals surface area contributed by atoms with Gasteiger partial charge in [0.05, 0.1) is 6.10 Å². The summed E-state index contributed by atoms with van der Waals surface area (Å²) in [5.41, 5.74) is 5.61. The second kappa shape index (κ2) is 4.58. The van der Waals surface area contributed by atoms with Crippen LogP contribution in [0.15, 0.2) is 30.5 Å². The number of hydrogen-bond acceptors (Lipinski definition) is 3. The van der Waals surface area contributed by atoms with Crippen LogP contribution in [0.2, 0.25) is 0 Å². The standard InChI is InChI=1S/C12H12FN3O2/c1-7(17)8-3-2-4-9(13)11(8)16-6-5-10(15-16)12(14)18/h2-7,17H,1H3,(H2,14,18)/t7-/m0/s1. The number of nitrogens with zero attached hydrogens (tertiary/aromatic N) is 2. The summed E-state index contributed by atoms with van der Waals surface area (Å²) in [5.74, 6) is -1.23. The van der Waals surface area contributed by atoms with Crippen LogP contribution in [-0.4, -0.2) is 20.8 Å². The molecule has 18 heavy (non-hydrogen) atoms. The van der Waals surface area contributed by atoms with Crippen molar-refractivity contribution in [1.82, 2.24) is 9.78 Å². The summed E-state index contributed by atoms with van der Waals surface area (Å²) in [6, 6.07) is 5.74. The smallest absolute Gasteiger partial charge is 0.269 e. The van der Waals surface area contributed by atoms with Crippen molar-refractivity contribution in [3.8, 4) is 5.69 Å². The third-order valence-corrected chi connectivity index (χ3v) is 2.54. The van der Waals surface area contributed by atoms with Gasteiger partial charge in [-0.2, -0.15) is 5.10 Å². The molecule has 2 aromatic rings. The number of halogens is 1. The van der Waals surface area contributed by atoms with Gasteiger partial charge < -0.3 is 10.8 Å². The molecule has 1 amide bonds. The van der Waals surface area contributed by atoms with E-state index >= 15 is 0 Å². The number of hydrogen-bond donors (Lipinski definition) is 2. The summed E-state index contributed by atoms with van der Waals surface area (Å²) in [4.78, 5) is 11.0. The van der Waals surface area contributed by atoms with Gasteiger partial charge in [-0.15, -0.1) is 0 Å². The first kappa shape index (κ1) is 12.3. The van der Waals surface area contributed by atoms with Gasteiger partial charge in [0.1, 0.15) is 17.2 Å². The predicted octanol–water partition coefficient (Wildman–Crippen LogP) is 1.16. The second-order valence-corrected chi connectivity index (χ2v) is 3.86. The van der Waals surface area contributed by atoms with Crippen LogP contribution < -0.4 is 5.73 Å². The lowest BCUT2D eigenvalue weighted by atomic mass is 10.1. The molecule has 2 rings (SSSR count). The highest BCUT2D eigenvalue weighted by molar-refractivity contribution is 5.90. The van der Waals surface area contributed by atoms with Crippen molar-refractivity contribution in [3.63, 3.8) is 0 Å². The average molecular weight is 249 g/mol. The van der Waals surface area contributed by atoms with E-state index in [0.717, 1.165) is 0 Å². The summed E-state index contributed by atoms with van der Waals surface area (Å²) in [6.45, 7) is 1.52. The number of para-hydroxylation sites is 1. The summed E-state index contributed by atoms with van der Waals surface area (Å²) in [5, 5.41) is 13.5. The van der Waals surface area contributed by atoms with E-state index in [4.69, 9.17) is 5.73 Å². The van der Waals surface area contributed by atoms with E-state index < -0.39 is 17.8 Å². The Morgan fingerprint density at radius 2 is 2.22 bits per heavy atom. The van der Waals surface area contributed by atoms with Crippen LogP contribution in [-0.2, 0) is 0 Å². The number of amides is 1. The quantitative estimate of drug-likeness (QED) is 0.856. The van der Waals surface area contributed by atoms with E-state index in [2.05, 4.69) is 5.10 Å². The van der Waals surface area contributed by atoms with E-state index in [1.165, 1.54) is 36.0 Å². The van der Waals surface area contributed by atoms with Gasteiger partial charge in [-0.1, -0.05) is 12.1 Å². The first-order valence-electron chi connectivity index (χ1n) is 5.33. The fourth-order valence-electron chi connectivity index (χ4n) is 1.69. The Bertz CT molecular complexity index is 593. The van der Waals surface area contributed by atoms with Crippen LogP contribution in [0.3, 0.4) is 0 Å². The minimum absolute atomic E-state index is 0.0368. The van der Waals surface area contributed by atoms with Crippen LogP contribution in [0.4, 0.5) is 4.39 Å². The Labute approximate surface area is 103 Å². The molecule has 0 unspecified atom stereocenters. The molecular weight excluding hydrogens is 237 g/mol. The maximum absolute atomic E-state index is 13.8. The highest BCUT2D eigenvalue weighted by Gasteiger charge is 2.16. The maximum atomic E-state index is 13.8. The SMILES string of the molecule is C[C@H](O)c1cccc(F)c1-n1ccc(C(N)=O)n1. The van der Waals surface area contributed by atoms with E-state index in [-0.39, 0.29) is 11.4 Å². The Morgan fingerprint density at radius 1 is 1.50 bits per heavy atom. The predicted molar refractivity (Wildman–Crippen MR) is 62.7 cm³/mol. The molecule has 0 fully saturated rings. The molecule has 5 nitrogen and oxygen atoms in total. The topological polar surface area (TPSA) is 81.1 Å².